The molecule has 2 rings (SSSR count). The van der Waals surface area contributed by atoms with Gasteiger partial charge in [0.15, 0.2) is 0 Å². The van der Waals surface area contributed by atoms with Crippen molar-refractivity contribution >= 4 is 11.6 Å². The van der Waals surface area contributed by atoms with Gasteiger partial charge in [-0.3, -0.25) is 9.20 Å². The van der Waals surface area contributed by atoms with Gasteiger partial charge < -0.3 is 5.11 Å². The van der Waals surface area contributed by atoms with Crippen molar-refractivity contribution in [1.29, 1.82) is 0 Å². The van der Waals surface area contributed by atoms with Crippen molar-refractivity contribution in [3.8, 4) is 0 Å². The molecule has 0 bridgehead atoms. The van der Waals surface area contributed by atoms with E-state index in [1.807, 2.05) is 13.0 Å². The summed E-state index contributed by atoms with van der Waals surface area (Å²) in [5, 5.41) is 8.89. The number of imidazole rings is 1. The van der Waals surface area contributed by atoms with Gasteiger partial charge >= 0.3 is 5.97 Å². The zero-order chi connectivity index (χ0) is 13.5. The molecule has 5 heteroatoms. The summed E-state index contributed by atoms with van der Waals surface area (Å²) in [5.74, 6) is -0.861. The van der Waals surface area contributed by atoms with Crippen LogP contribution in [0, 0.1) is 6.92 Å². The van der Waals surface area contributed by atoms with Gasteiger partial charge in [-0.05, 0) is 6.92 Å². The Labute approximate surface area is 105 Å². The van der Waals surface area contributed by atoms with Gasteiger partial charge in [0.25, 0.3) is 0 Å². The summed E-state index contributed by atoms with van der Waals surface area (Å²) in [7, 11) is 0. The zero-order valence-corrected chi connectivity index (χ0v) is 11.1. The third-order valence-electron chi connectivity index (χ3n) is 2.90. The number of carboxylic acids is 1. The monoisotopic (exact) mass is 247 g/mol. The lowest BCUT2D eigenvalue weighted by Crippen LogP contribution is -2.14. The third kappa shape index (κ3) is 2.20. The normalized spacial score (nSPS) is 12.0. The highest BCUT2D eigenvalue weighted by molar-refractivity contribution is 5.70. The summed E-state index contributed by atoms with van der Waals surface area (Å²) in [4.78, 5) is 19.6. The van der Waals surface area contributed by atoms with Crippen LogP contribution in [-0.2, 0) is 16.6 Å². The number of aliphatic carboxylic acids is 1. The smallest absolute Gasteiger partial charge is 0.309 e. The van der Waals surface area contributed by atoms with E-state index < -0.39 is 5.97 Å². The second kappa shape index (κ2) is 4.08. The Bertz CT molecular complexity index is 608. The van der Waals surface area contributed by atoms with Gasteiger partial charge in [-0.25, -0.2) is 9.97 Å². The fraction of sp³-hybridized carbons (Fsp3) is 0.462. The molecule has 0 fully saturated rings. The van der Waals surface area contributed by atoms with E-state index in [9.17, 15) is 4.79 Å². The molecule has 0 saturated heterocycles. The van der Waals surface area contributed by atoms with E-state index in [4.69, 9.17) is 5.11 Å². The van der Waals surface area contributed by atoms with E-state index in [-0.39, 0.29) is 11.8 Å². The molecular weight excluding hydrogens is 230 g/mol. The molecule has 96 valence electrons. The van der Waals surface area contributed by atoms with Gasteiger partial charge in [-0.15, -0.1) is 0 Å². The topological polar surface area (TPSA) is 67.5 Å². The molecule has 5 nitrogen and oxygen atoms in total. The molecule has 0 aliphatic carbocycles. The van der Waals surface area contributed by atoms with Crippen molar-refractivity contribution in [1.82, 2.24) is 14.4 Å². The Hall–Kier alpha value is -1.91. The van der Waals surface area contributed by atoms with Gasteiger partial charge in [0, 0.05) is 11.5 Å². The maximum Gasteiger partial charge on any atom is 0.309 e. The molecule has 0 unspecified atom stereocenters. The molecule has 0 radical (unpaired) electrons. The van der Waals surface area contributed by atoms with E-state index >= 15 is 0 Å². The highest BCUT2D eigenvalue weighted by atomic mass is 16.4. The van der Waals surface area contributed by atoms with E-state index in [0.717, 1.165) is 17.0 Å². The number of rotatable bonds is 2. The summed E-state index contributed by atoms with van der Waals surface area (Å²) in [6.45, 7) is 8.07. The largest absolute Gasteiger partial charge is 0.481 e. The number of hydrogen-bond acceptors (Lipinski definition) is 3. The van der Waals surface area contributed by atoms with Crippen LogP contribution < -0.4 is 0 Å². The Kier molecular flexibility index (Phi) is 2.84. The molecule has 2 aromatic rings. The van der Waals surface area contributed by atoms with Crippen LogP contribution in [0.4, 0.5) is 0 Å². The van der Waals surface area contributed by atoms with Gasteiger partial charge in [0.05, 0.1) is 23.5 Å². The average Bonchev–Trinajstić information content (AvgIpc) is 2.53. The lowest BCUT2D eigenvalue weighted by atomic mass is 9.92. The first-order valence-corrected chi connectivity index (χ1v) is 5.85. The number of carbonyl (C=O) groups is 1. The Morgan fingerprint density at radius 3 is 2.67 bits per heavy atom. The van der Waals surface area contributed by atoms with Gasteiger partial charge in [0.2, 0.25) is 0 Å². The molecule has 0 aliphatic rings. The summed E-state index contributed by atoms with van der Waals surface area (Å²) in [5.41, 5.74) is 3.08. The molecule has 0 atom stereocenters. The van der Waals surface area contributed by atoms with Crippen molar-refractivity contribution in [3.05, 3.63) is 29.5 Å². The average molecular weight is 247 g/mol. The summed E-state index contributed by atoms with van der Waals surface area (Å²) >= 11 is 0. The lowest BCUT2D eigenvalue weighted by molar-refractivity contribution is -0.136. The maximum absolute atomic E-state index is 10.8. The minimum atomic E-state index is -0.861. The predicted octanol–water partition coefficient (Wildman–Crippen LogP) is 1.96. The van der Waals surface area contributed by atoms with E-state index in [1.54, 1.807) is 10.7 Å². The molecule has 2 heterocycles. The van der Waals surface area contributed by atoms with Gasteiger partial charge in [-0.2, -0.15) is 0 Å². The van der Waals surface area contributed by atoms with Crippen LogP contribution in [0.2, 0.25) is 0 Å². The highest BCUT2D eigenvalue weighted by Crippen LogP contribution is 2.22. The quantitative estimate of drug-likeness (QED) is 0.880. The van der Waals surface area contributed by atoms with Crippen LogP contribution in [0.25, 0.3) is 5.65 Å². The first-order chi connectivity index (χ1) is 8.29. The fourth-order valence-electron chi connectivity index (χ4n) is 1.88. The van der Waals surface area contributed by atoms with E-state index in [2.05, 4.69) is 30.7 Å². The van der Waals surface area contributed by atoms with Crippen LogP contribution in [0.5, 0.6) is 0 Å². The zero-order valence-electron chi connectivity index (χ0n) is 11.1. The molecule has 0 amide bonds. The van der Waals surface area contributed by atoms with Crippen LogP contribution in [0.3, 0.4) is 0 Å². The van der Waals surface area contributed by atoms with Crippen LogP contribution in [0.15, 0.2) is 12.4 Å². The number of aryl methyl sites for hydroxylation is 1. The number of nitrogens with zero attached hydrogens (tertiary/aromatic N) is 3. The Balaban J connectivity index is 2.58. The standard InChI is InChI=1S/C13H17N3O2/c1-8-9(5-12(17)18)16-7-14-10(13(2,3)4)6-11(16)15-8/h6-7H,5H2,1-4H3,(H,17,18). The first-order valence-electron chi connectivity index (χ1n) is 5.85. The maximum atomic E-state index is 10.8. The van der Waals surface area contributed by atoms with Crippen molar-refractivity contribution in [2.24, 2.45) is 0 Å². The minimum absolute atomic E-state index is 0.0382. The first kappa shape index (κ1) is 12.5. The van der Waals surface area contributed by atoms with Crippen LogP contribution in [0.1, 0.15) is 37.9 Å². The highest BCUT2D eigenvalue weighted by Gasteiger charge is 2.18. The molecule has 2 aromatic heterocycles. The number of aromatic nitrogens is 3. The predicted molar refractivity (Wildman–Crippen MR) is 67.8 cm³/mol. The fourth-order valence-corrected chi connectivity index (χ4v) is 1.88. The lowest BCUT2D eigenvalue weighted by Gasteiger charge is -2.17. The van der Waals surface area contributed by atoms with E-state index in [0.29, 0.717) is 5.69 Å². The van der Waals surface area contributed by atoms with E-state index in [1.165, 1.54) is 0 Å². The molecule has 0 spiro atoms. The van der Waals surface area contributed by atoms with Crippen molar-refractivity contribution < 1.29 is 9.90 Å². The van der Waals surface area contributed by atoms with Crippen LogP contribution in [-0.4, -0.2) is 25.4 Å². The number of fused-ring (bicyclic) bond motifs is 1. The Morgan fingerprint density at radius 1 is 1.44 bits per heavy atom. The number of carboxylic acid groups (broad SMARTS) is 1. The minimum Gasteiger partial charge on any atom is -0.481 e. The van der Waals surface area contributed by atoms with Gasteiger partial charge in [-0.1, -0.05) is 20.8 Å². The third-order valence-corrected chi connectivity index (χ3v) is 2.90. The number of hydrogen-bond donors (Lipinski definition) is 1. The van der Waals surface area contributed by atoms with Crippen LogP contribution >= 0.6 is 0 Å². The molecule has 0 aliphatic heterocycles. The van der Waals surface area contributed by atoms with Crippen molar-refractivity contribution in [2.75, 3.05) is 0 Å². The molecule has 18 heavy (non-hydrogen) atoms. The molecule has 1 N–H and O–H groups in total. The second-order valence-electron chi connectivity index (χ2n) is 5.47. The summed E-state index contributed by atoms with van der Waals surface area (Å²) in [6.07, 6.45) is 1.62. The van der Waals surface area contributed by atoms with Gasteiger partial charge in [0.1, 0.15) is 12.0 Å². The molecule has 0 saturated carbocycles. The summed E-state index contributed by atoms with van der Waals surface area (Å²) < 4.78 is 1.75. The Morgan fingerprint density at radius 2 is 2.11 bits per heavy atom. The van der Waals surface area contributed by atoms with Crippen molar-refractivity contribution in [2.45, 2.75) is 39.5 Å². The molecule has 0 aromatic carbocycles. The summed E-state index contributed by atoms with van der Waals surface area (Å²) in [6, 6.07) is 1.92. The molecular formula is C13H17N3O2. The van der Waals surface area contributed by atoms with Crippen molar-refractivity contribution in [3.63, 3.8) is 0 Å². The second-order valence-corrected chi connectivity index (χ2v) is 5.47. The SMILES string of the molecule is Cc1nc2cc(C(C)(C)C)ncn2c1CC(=O)O.